The molecule has 10 rings (SSSR count). The van der Waals surface area contributed by atoms with Crippen LogP contribution in [0, 0.1) is 35.5 Å². The molecule has 0 aromatic heterocycles. The fourth-order valence-corrected chi connectivity index (χ4v) is 11.7. The number of aliphatic hydroxyl groups excluding tert-OH is 2. The molecule has 8 fully saturated rings. The minimum atomic E-state index is -0.000277. The Morgan fingerprint density at radius 2 is 1.11 bits per heavy atom. The molecule has 4 nitrogen and oxygen atoms in total. The molecule has 8 bridgehead atoms. The van der Waals surface area contributed by atoms with Crippen LogP contribution in [0.4, 0.5) is 0 Å². The van der Waals surface area contributed by atoms with Crippen LogP contribution in [0.1, 0.15) is 88.2 Å². The van der Waals surface area contributed by atoms with E-state index in [4.69, 9.17) is 9.47 Å². The van der Waals surface area contributed by atoms with Gasteiger partial charge in [-0.05, 0) is 140 Å². The maximum Gasteiger partial charge on any atom is 0.134 e. The van der Waals surface area contributed by atoms with Crippen molar-refractivity contribution in [3.8, 4) is 11.5 Å². The first kappa shape index (κ1) is 24.1. The summed E-state index contributed by atoms with van der Waals surface area (Å²) in [6.07, 6.45) is 16.5. The van der Waals surface area contributed by atoms with Gasteiger partial charge in [-0.3, -0.25) is 0 Å². The predicted molar refractivity (Wildman–Crippen MR) is 149 cm³/mol. The van der Waals surface area contributed by atoms with Gasteiger partial charge in [-0.2, -0.15) is 0 Å². The third kappa shape index (κ3) is 3.61. The van der Waals surface area contributed by atoms with Crippen LogP contribution < -0.4 is 9.47 Å². The van der Waals surface area contributed by atoms with E-state index < -0.39 is 0 Å². The van der Waals surface area contributed by atoms with Crippen molar-refractivity contribution in [2.24, 2.45) is 35.5 Å². The summed E-state index contributed by atoms with van der Waals surface area (Å²) in [7, 11) is 0. The molecule has 2 N–H and O–H groups in total. The SMILES string of the molecule is OCCOc1cccc2c(C34CC5CC(CC(C5)C3)C4)cc(C34CC5CC(CC(C5)C3)C4)c(OCCO)c12. The van der Waals surface area contributed by atoms with Gasteiger partial charge in [0.25, 0.3) is 0 Å². The first-order valence-electron chi connectivity index (χ1n) is 15.7. The number of fused-ring (bicyclic) bond motifs is 1. The van der Waals surface area contributed by atoms with E-state index in [2.05, 4.69) is 24.3 Å². The Labute approximate surface area is 227 Å². The molecule has 0 radical (unpaired) electrons. The molecular formula is C34H44O4. The molecule has 0 unspecified atom stereocenters. The molecule has 8 aliphatic rings. The maximum atomic E-state index is 9.85. The Bertz CT molecular complexity index is 1160. The molecule has 0 aliphatic heterocycles. The topological polar surface area (TPSA) is 58.9 Å². The third-order valence-electron chi connectivity index (χ3n) is 12.0. The number of benzene rings is 2. The van der Waals surface area contributed by atoms with E-state index in [1.54, 1.807) is 5.56 Å². The zero-order chi connectivity index (χ0) is 25.5. The van der Waals surface area contributed by atoms with Gasteiger partial charge in [-0.15, -0.1) is 0 Å². The summed E-state index contributed by atoms with van der Waals surface area (Å²) in [5.74, 6) is 7.03. The number of rotatable bonds is 8. The molecule has 38 heavy (non-hydrogen) atoms. The van der Waals surface area contributed by atoms with Crippen molar-refractivity contribution in [1.29, 1.82) is 0 Å². The van der Waals surface area contributed by atoms with E-state index in [1.807, 2.05) is 0 Å². The highest BCUT2D eigenvalue weighted by Gasteiger charge is 2.55. The molecule has 0 amide bonds. The minimum absolute atomic E-state index is 0.000277. The summed E-state index contributed by atoms with van der Waals surface area (Å²) in [6.45, 7) is 0.601. The van der Waals surface area contributed by atoms with Crippen LogP contribution in [-0.4, -0.2) is 36.6 Å². The first-order valence-corrected chi connectivity index (χ1v) is 15.7. The lowest BCUT2D eigenvalue weighted by atomic mass is 9.46. The van der Waals surface area contributed by atoms with Crippen molar-refractivity contribution in [3.63, 3.8) is 0 Å². The average molecular weight is 517 g/mol. The lowest BCUT2D eigenvalue weighted by Crippen LogP contribution is -2.50. The van der Waals surface area contributed by atoms with E-state index in [-0.39, 0.29) is 30.7 Å². The second kappa shape index (κ2) is 8.86. The third-order valence-corrected chi connectivity index (χ3v) is 12.0. The van der Waals surface area contributed by atoms with Crippen LogP contribution in [0.5, 0.6) is 11.5 Å². The standard InChI is InChI=1S/C34H44O4/c35-4-6-37-30-3-1-2-27-28(33-15-21-8-22(16-33)10-23(9-21)17-33)14-29(32(31(27)30)38-7-5-36)34-18-24-11-25(19-34)13-26(12-24)20-34/h1-3,14,21-26,35-36H,4-13,15-20H2. The van der Waals surface area contributed by atoms with Crippen LogP contribution in [-0.2, 0) is 10.8 Å². The normalized spacial score (nSPS) is 40.3. The van der Waals surface area contributed by atoms with Crippen LogP contribution in [0.3, 0.4) is 0 Å². The summed E-state index contributed by atoms with van der Waals surface area (Å²) in [5, 5.41) is 21.9. The summed E-state index contributed by atoms with van der Waals surface area (Å²) in [5.41, 5.74) is 3.47. The lowest BCUT2D eigenvalue weighted by Gasteiger charge is -2.59. The van der Waals surface area contributed by atoms with Gasteiger partial charge >= 0.3 is 0 Å². The molecular weight excluding hydrogens is 472 g/mol. The number of aliphatic hydroxyl groups is 2. The summed E-state index contributed by atoms with van der Waals surface area (Å²) in [4.78, 5) is 0. The molecule has 8 aliphatic carbocycles. The summed E-state index contributed by atoms with van der Waals surface area (Å²) >= 11 is 0. The summed E-state index contributed by atoms with van der Waals surface area (Å²) < 4.78 is 12.8. The Morgan fingerprint density at radius 3 is 1.61 bits per heavy atom. The molecule has 0 heterocycles. The van der Waals surface area contributed by atoms with Crippen molar-refractivity contribution >= 4 is 10.8 Å². The van der Waals surface area contributed by atoms with Gasteiger partial charge in [0.1, 0.15) is 24.7 Å². The van der Waals surface area contributed by atoms with Crippen LogP contribution in [0.2, 0.25) is 0 Å². The van der Waals surface area contributed by atoms with Crippen LogP contribution >= 0.6 is 0 Å². The molecule has 2 aromatic carbocycles. The Kier molecular flexibility index (Phi) is 5.61. The molecule has 2 aromatic rings. The van der Waals surface area contributed by atoms with Gasteiger partial charge in [-0.25, -0.2) is 0 Å². The summed E-state index contributed by atoms with van der Waals surface area (Å²) in [6, 6.07) is 9.17. The van der Waals surface area contributed by atoms with Gasteiger partial charge in [0, 0.05) is 5.56 Å². The highest BCUT2D eigenvalue weighted by molar-refractivity contribution is 5.98. The van der Waals surface area contributed by atoms with E-state index in [9.17, 15) is 10.2 Å². The zero-order valence-corrected chi connectivity index (χ0v) is 22.8. The molecule has 0 saturated heterocycles. The monoisotopic (exact) mass is 516 g/mol. The van der Waals surface area contributed by atoms with Crippen molar-refractivity contribution in [2.75, 3.05) is 26.4 Å². The van der Waals surface area contributed by atoms with Crippen molar-refractivity contribution < 1.29 is 19.7 Å². The van der Waals surface area contributed by atoms with Gasteiger partial charge in [0.2, 0.25) is 0 Å². The molecule has 8 saturated carbocycles. The molecule has 0 atom stereocenters. The minimum Gasteiger partial charge on any atom is -0.490 e. The van der Waals surface area contributed by atoms with Crippen molar-refractivity contribution in [2.45, 2.75) is 87.9 Å². The zero-order valence-electron chi connectivity index (χ0n) is 22.8. The maximum absolute atomic E-state index is 9.85. The highest BCUT2D eigenvalue weighted by atomic mass is 16.5. The largest absolute Gasteiger partial charge is 0.490 e. The Balaban J connectivity index is 1.38. The predicted octanol–water partition coefficient (Wildman–Crippen LogP) is 6.52. The van der Waals surface area contributed by atoms with Gasteiger partial charge in [0.05, 0.1) is 18.6 Å². The molecule has 0 spiro atoms. The quantitative estimate of drug-likeness (QED) is 0.420. The highest BCUT2D eigenvalue weighted by Crippen LogP contribution is 2.66. The van der Waals surface area contributed by atoms with E-state index >= 15 is 0 Å². The average Bonchev–Trinajstić information content (AvgIpc) is 2.88. The van der Waals surface area contributed by atoms with Crippen LogP contribution in [0.25, 0.3) is 10.8 Å². The van der Waals surface area contributed by atoms with Crippen molar-refractivity contribution in [1.82, 2.24) is 0 Å². The first-order chi connectivity index (χ1) is 18.6. The Morgan fingerprint density at radius 1 is 0.632 bits per heavy atom. The fourth-order valence-electron chi connectivity index (χ4n) is 11.7. The van der Waals surface area contributed by atoms with E-state index in [0.29, 0.717) is 6.61 Å². The Hall–Kier alpha value is -1.78. The second-order valence-corrected chi connectivity index (χ2v) is 14.5. The van der Waals surface area contributed by atoms with E-state index in [1.165, 1.54) is 88.0 Å². The fraction of sp³-hybridized carbons (Fsp3) is 0.706. The number of hydrogen-bond acceptors (Lipinski definition) is 4. The van der Waals surface area contributed by atoms with Crippen LogP contribution in [0.15, 0.2) is 24.3 Å². The number of hydrogen-bond donors (Lipinski definition) is 2. The molecule has 204 valence electrons. The number of ether oxygens (including phenoxy) is 2. The van der Waals surface area contributed by atoms with Crippen molar-refractivity contribution in [3.05, 3.63) is 35.4 Å². The smallest absolute Gasteiger partial charge is 0.134 e. The van der Waals surface area contributed by atoms with E-state index in [0.717, 1.165) is 52.4 Å². The second-order valence-electron chi connectivity index (χ2n) is 14.5. The van der Waals surface area contributed by atoms with Gasteiger partial charge < -0.3 is 19.7 Å². The lowest BCUT2D eigenvalue weighted by molar-refractivity contribution is -0.00878. The van der Waals surface area contributed by atoms with Gasteiger partial charge in [-0.1, -0.05) is 18.2 Å². The van der Waals surface area contributed by atoms with Gasteiger partial charge in [0.15, 0.2) is 0 Å². The molecule has 4 heteroatoms.